The van der Waals surface area contributed by atoms with Gasteiger partial charge in [-0.25, -0.2) is 8.78 Å². The summed E-state index contributed by atoms with van der Waals surface area (Å²) >= 11 is 1.42. The van der Waals surface area contributed by atoms with Gasteiger partial charge >= 0.3 is 0 Å². The topological polar surface area (TPSA) is 50.9 Å². The average molecular weight is 255 g/mol. The van der Waals surface area contributed by atoms with Gasteiger partial charge < -0.3 is 0 Å². The molecule has 2 aromatic rings. The summed E-state index contributed by atoms with van der Waals surface area (Å²) in [6, 6.07) is 3.13. The second-order valence-corrected chi connectivity index (χ2v) is 4.48. The fourth-order valence-electron chi connectivity index (χ4n) is 1.56. The molecule has 17 heavy (non-hydrogen) atoms. The van der Waals surface area contributed by atoms with E-state index in [0.717, 1.165) is 17.0 Å². The fraction of sp³-hybridized carbons (Fsp3) is 0.182. The Morgan fingerprint density at radius 2 is 2.24 bits per heavy atom. The van der Waals surface area contributed by atoms with Crippen LogP contribution in [0.1, 0.15) is 16.5 Å². The second kappa shape index (κ2) is 5.31. The molecule has 0 amide bonds. The van der Waals surface area contributed by atoms with E-state index in [4.69, 9.17) is 5.84 Å². The third-order valence-corrected chi connectivity index (χ3v) is 3.32. The summed E-state index contributed by atoms with van der Waals surface area (Å²) in [5.41, 5.74) is 4.54. The van der Waals surface area contributed by atoms with E-state index in [-0.39, 0.29) is 12.5 Å². The van der Waals surface area contributed by atoms with E-state index < -0.39 is 11.6 Å². The van der Waals surface area contributed by atoms with Crippen molar-refractivity contribution >= 4 is 11.3 Å². The molecule has 0 fully saturated rings. The summed E-state index contributed by atoms with van der Waals surface area (Å²) in [5, 5.41) is 0. The van der Waals surface area contributed by atoms with Crippen LogP contribution in [0.15, 0.2) is 29.9 Å². The highest BCUT2D eigenvalue weighted by atomic mass is 32.1. The van der Waals surface area contributed by atoms with Gasteiger partial charge in [0.05, 0.1) is 11.6 Å². The lowest BCUT2D eigenvalue weighted by atomic mass is 10.0. The van der Waals surface area contributed by atoms with Crippen LogP contribution in [0.5, 0.6) is 0 Å². The van der Waals surface area contributed by atoms with Gasteiger partial charge in [0.2, 0.25) is 0 Å². The highest BCUT2D eigenvalue weighted by molar-refractivity contribution is 7.09. The molecular weight excluding hydrogens is 244 g/mol. The van der Waals surface area contributed by atoms with Crippen LogP contribution in [0.2, 0.25) is 0 Å². The summed E-state index contributed by atoms with van der Waals surface area (Å²) in [6.07, 6.45) is 1.94. The quantitative estimate of drug-likeness (QED) is 0.650. The minimum atomic E-state index is -0.457. The van der Waals surface area contributed by atoms with Crippen LogP contribution in [0.3, 0.4) is 0 Å². The molecule has 2 rings (SSSR count). The van der Waals surface area contributed by atoms with Gasteiger partial charge in [0.1, 0.15) is 11.6 Å². The van der Waals surface area contributed by atoms with Crippen molar-refractivity contribution in [2.45, 2.75) is 12.5 Å². The van der Waals surface area contributed by atoms with Crippen LogP contribution in [-0.2, 0) is 6.42 Å². The van der Waals surface area contributed by atoms with Crippen molar-refractivity contribution < 1.29 is 8.78 Å². The minimum absolute atomic E-state index is 0.265. The lowest BCUT2D eigenvalue weighted by molar-refractivity contribution is 0.528. The summed E-state index contributed by atoms with van der Waals surface area (Å²) in [7, 11) is 0. The Morgan fingerprint density at radius 1 is 1.41 bits per heavy atom. The van der Waals surface area contributed by atoms with Crippen LogP contribution < -0.4 is 11.3 Å². The Balaban J connectivity index is 2.21. The Labute approximate surface area is 101 Å². The summed E-state index contributed by atoms with van der Waals surface area (Å²) < 4.78 is 26.5. The zero-order valence-corrected chi connectivity index (χ0v) is 9.68. The maximum atomic E-state index is 13.5. The van der Waals surface area contributed by atoms with E-state index in [2.05, 4.69) is 10.4 Å². The first-order chi connectivity index (χ1) is 8.20. The van der Waals surface area contributed by atoms with Gasteiger partial charge in [-0.1, -0.05) is 0 Å². The van der Waals surface area contributed by atoms with Crippen molar-refractivity contribution in [3.8, 4) is 0 Å². The molecule has 0 aliphatic heterocycles. The molecule has 3 nitrogen and oxygen atoms in total. The number of benzene rings is 1. The molecule has 0 aliphatic rings. The fourth-order valence-corrected chi connectivity index (χ4v) is 2.24. The van der Waals surface area contributed by atoms with Gasteiger partial charge in [0, 0.05) is 11.1 Å². The zero-order valence-electron chi connectivity index (χ0n) is 8.86. The van der Waals surface area contributed by atoms with Crippen molar-refractivity contribution in [1.82, 2.24) is 10.4 Å². The molecule has 0 saturated carbocycles. The summed E-state index contributed by atoms with van der Waals surface area (Å²) in [4.78, 5) is 4.81. The summed E-state index contributed by atoms with van der Waals surface area (Å²) in [6.45, 7) is 0. The zero-order chi connectivity index (χ0) is 12.3. The van der Waals surface area contributed by atoms with Crippen LogP contribution in [-0.4, -0.2) is 4.98 Å². The molecule has 0 radical (unpaired) electrons. The molecule has 1 aromatic heterocycles. The monoisotopic (exact) mass is 255 g/mol. The molecule has 6 heteroatoms. The van der Waals surface area contributed by atoms with Crippen LogP contribution >= 0.6 is 11.3 Å². The first-order valence-electron chi connectivity index (χ1n) is 4.99. The Kier molecular flexibility index (Phi) is 3.78. The van der Waals surface area contributed by atoms with E-state index in [9.17, 15) is 8.78 Å². The first-order valence-corrected chi connectivity index (χ1v) is 5.87. The number of nitrogens with two attached hydrogens (primary N) is 1. The van der Waals surface area contributed by atoms with Gasteiger partial charge in [0.15, 0.2) is 0 Å². The maximum Gasteiger partial charge on any atom is 0.126 e. The van der Waals surface area contributed by atoms with E-state index in [0.29, 0.717) is 5.56 Å². The highest BCUT2D eigenvalue weighted by Gasteiger charge is 2.15. The lowest BCUT2D eigenvalue weighted by Crippen LogP contribution is -2.29. The molecule has 1 heterocycles. The van der Waals surface area contributed by atoms with Crippen molar-refractivity contribution in [3.63, 3.8) is 0 Å². The number of nitrogens with one attached hydrogen (secondary N) is 1. The van der Waals surface area contributed by atoms with E-state index in [1.54, 1.807) is 11.7 Å². The maximum absolute atomic E-state index is 13.5. The lowest BCUT2D eigenvalue weighted by Gasteiger charge is -2.14. The molecule has 0 saturated heterocycles. The summed E-state index contributed by atoms with van der Waals surface area (Å²) in [5.74, 6) is 4.52. The number of halogens is 2. The predicted molar refractivity (Wildman–Crippen MR) is 62.2 cm³/mol. The molecule has 3 N–H and O–H groups in total. The third-order valence-electron chi connectivity index (χ3n) is 2.43. The number of rotatable bonds is 4. The van der Waals surface area contributed by atoms with Crippen molar-refractivity contribution in [3.05, 3.63) is 52.0 Å². The molecule has 0 bridgehead atoms. The van der Waals surface area contributed by atoms with Gasteiger partial charge in [0.25, 0.3) is 0 Å². The van der Waals surface area contributed by atoms with Crippen LogP contribution in [0, 0.1) is 11.6 Å². The molecule has 90 valence electrons. The third kappa shape index (κ3) is 2.85. The first kappa shape index (κ1) is 12.1. The van der Waals surface area contributed by atoms with Crippen LogP contribution in [0.25, 0.3) is 0 Å². The molecule has 0 aliphatic carbocycles. The van der Waals surface area contributed by atoms with Gasteiger partial charge in [-0.05, 0) is 30.2 Å². The standard InChI is InChI=1S/C11H11F2N3S/c12-8-1-2-9(13)7(3-8)4-10(16-14)11-5-15-6-17-11/h1-3,5-6,10,16H,4,14H2. The van der Waals surface area contributed by atoms with Crippen molar-refractivity contribution in [2.24, 2.45) is 5.84 Å². The predicted octanol–water partition coefficient (Wildman–Crippen LogP) is 2.17. The number of thiazole rings is 1. The van der Waals surface area contributed by atoms with Gasteiger partial charge in [-0.3, -0.25) is 16.3 Å². The number of hydrogen-bond donors (Lipinski definition) is 2. The van der Waals surface area contributed by atoms with Gasteiger partial charge in [-0.15, -0.1) is 11.3 Å². The Hall–Kier alpha value is -1.37. The van der Waals surface area contributed by atoms with Crippen LogP contribution in [0.4, 0.5) is 8.78 Å². The molecule has 1 aromatic carbocycles. The number of aromatic nitrogens is 1. The van der Waals surface area contributed by atoms with Gasteiger partial charge in [-0.2, -0.15) is 0 Å². The number of hydrazine groups is 1. The minimum Gasteiger partial charge on any atom is -0.271 e. The normalized spacial score (nSPS) is 12.6. The molecule has 1 unspecified atom stereocenters. The Morgan fingerprint density at radius 3 is 2.88 bits per heavy atom. The van der Waals surface area contributed by atoms with E-state index in [1.165, 1.54) is 17.4 Å². The van der Waals surface area contributed by atoms with E-state index >= 15 is 0 Å². The highest BCUT2D eigenvalue weighted by Crippen LogP contribution is 2.22. The number of hydrogen-bond acceptors (Lipinski definition) is 4. The van der Waals surface area contributed by atoms with Crippen molar-refractivity contribution in [1.29, 1.82) is 0 Å². The molecule has 0 spiro atoms. The SMILES string of the molecule is NNC(Cc1cc(F)ccc1F)c1cncs1. The molecular formula is C11H11F2N3S. The molecule has 1 atom stereocenters. The average Bonchev–Trinajstić information content (AvgIpc) is 2.84. The largest absolute Gasteiger partial charge is 0.271 e. The number of nitrogens with zero attached hydrogens (tertiary/aromatic N) is 1. The van der Waals surface area contributed by atoms with E-state index in [1.807, 2.05) is 0 Å². The second-order valence-electron chi connectivity index (χ2n) is 3.56. The Bertz CT molecular complexity index is 487. The smallest absolute Gasteiger partial charge is 0.126 e. The van der Waals surface area contributed by atoms with Crippen molar-refractivity contribution in [2.75, 3.05) is 0 Å².